The fourth-order valence-electron chi connectivity index (χ4n) is 2.06. The fourth-order valence-corrected chi connectivity index (χ4v) is 2.06. The van der Waals surface area contributed by atoms with Gasteiger partial charge >= 0.3 is 0 Å². The van der Waals surface area contributed by atoms with Crippen molar-refractivity contribution in [2.24, 2.45) is 0 Å². The molecule has 0 aromatic carbocycles. The molecular formula is C12H25NO2. The van der Waals surface area contributed by atoms with Gasteiger partial charge in [0.05, 0.1) is 18.8 Å². The van der Waals surface area contributed by atoms with Crippen LogP contribution in [0.25, 0.3) is 0 Å². The standard InChI is InChI=1S/C12H25NO2/c1-4-12(13-5-2)10(3)15-9-11-7-6-8-14-11/h10-13H,4-9H2,1-3H3. The van der Waals surface area contributed by atoms with Gasteiger partial charge in [0.25, 0.3) is 0 Å². The van der Waals surface area contributed by atoms with Crippen LogP contribution >= 0.6 is 0 Å². The Labute approximate surface area is 93.5 Å². The van der Waals surface area contributed by atoms with Crippen LogP contribution in [0.15, 0.2) is 0 Å². The summed E-state index contributed by atoms with van der Waals surface area (Å²) in [5.74, 6) is 0. The third-order valence-electron chi connectivity index (χ3n) is 3.04. The van der Waals surface area contributed by atoms with Gasteiger partial charge in [-0.15, -0.1) is 0 Å². The lowest BCUT2D eigenvalue weighted by atomic mass is 10.1. The molecule has 3 unspecified atom stereocenters. The van der Waals surface area contributed by atoms with Crippen molar-refractivity contribution in [3.05, 3.63) is 0 Å². The van der Waals surface area contributed by atoms with Gasteiger partial charge in [0.1, 0.15) is 0 Å². The highest BCUT2D eigenvalue weighted by molar-refractivity contribution is 4.73. The second-order valence-electron chi connectivity index (χ2n) is 4.25. The third-order valence-corrected chi connectivity index (χ3v) is 3.04. The molecule has 0 spiro atoms. The second-order valence-corrected chi connectivity index (χ2v) is 4.25. The zero-order valence-electron chi connectivity index (χ0n) is 10.3. The Kier molecular flexibility index (Phi) is 6.22. The minimum atomic E-state index is 0.277. The maximum absolute atomic E-state index is 5.84. The van der Waals surface area contributed by atoms with Gasteiger partial charge in [0.2, 0.25) is 0 Å². The van der Waals surface area contributed by atoms with Crippen LogP contribution in [-0.2, 0) is 9.47 Å². The van der Waals surface area contributed by atoms with Crippen molar-refractivity contribution in [1.82, 2.24) is 5.32 Å². The summed E-state index contributed by atoms with van der Waals surface area (Å²) < 4.78 is 11.4. The van der Waals surface area contributed by atoms with Crippen LogP contribution in [0.1, 0.15) is 40.0 Å². The molecule has 1 aliphatic rings. The summed E-state index contributed by atoms with van der Waals surface area (Å²) in [5, 5.41) is 3.44. The van der Waals surface area contributed by atoms with E-state index in [1.54, 1.807) is 0 Å². The molecule has 0 aromatic rings. The smallest absolute Gasteiger partial charge is 0.0809 e. The van der Waals surface area contributed by atoms with Crippen molar-refractivity contribution in [3.63, 3.8) is 0 Å². The number of likely N-dealkylation sites (N-methyl/N-ethyl adjacent to an activating group) is 1. The van der Waals surface area contributed by atoms with E-state index >= 15 is 0 Å². The Morgan fingerprint density at radius 3 is 2.80 bits per heavy atom. The van der Waals surface area contributed by atoms with Gasteiger partial charge < -0.3 is 14.8 Å². The topological polar surface area (TPSA) is 30.5 Å². The molecule has 15 heavy (non-hydrogen) atoms. The largest absolute Gasteiger partial charge is 0.376 e. The minimum absolute atomic E-state index is 0.277. The van der Waals surface area contributed by atoms with E-state index in [0.717, 1.165) is 32.6 Å². The molecular weight excluding hydrogens is 190 g/mol. The maximum Gasteiger partial charge on any atom is 0.0809 e. The van der Waals surface area contributed by atoms with E-state index in [9.17, 15) is 0 Å². The van der Waals surface area contributed by atoms with Crippen LogP contribution in [0.2, 0.25) is 0 Å². The lowest BCUT2D eigenvalue weighted by Gasteiger charge is -2.25. The summed E-state index contributed by atoms with van der Waals surface area (Å²) in [6.07, 6.45) is 4.07. The minimum Gasteiger partial charge on any atom is -0.376 e. The first-order valence-corrected chi connectivity index (χ1v) is 6.24. The monoisotopic (exact) mass is 215 g/mol. The average Bonchev–Trinajstić information content (AvgIpc) is 2.75. The predicted molar refractivity (Wildman–Crippen MR) is 62.1 cm³/mol. The van der Waals surface area contributed by atoms with Gasteiger partial charge in [0.15, 0.2) is 0 Å². The first-order valence-electron chi connectivity index (χ1n) is 6.24. The van der Waals surface area contributed by atoms with Crippen LogP contribution in [-0.4, -0.2) is 38.0 Å². The summed E-state index contributed by atoms with van der Waals surface area (Å²) in [7, 11) is 0. The number of hydrogen-bond acceptors (Lipinski definition) is 3. The number of hydrogen-bond donors (Lipinski definition) is 1. The molecule has 1 heterocycles. The quantitative estimate of drug-likeness (QED) is 0.704. The van der Waals surface area contributed by atoms with Crippen LogP contribution < -0.4 is 5.32 Å². The van der Waals surface area contributed by atoms with E-state index in [0.29, 0.717) is 12.1 Å². The van der Waals surface area contributed by atoms with Crippen LogP contribution in [0.5, 0.6) is 0 Å². The van der Waals surface area contributed by atoms with E-state index in [-0.39, 0.29) is 6.10 Å². The van der Waals surface area contributed by atoms with Crippen molar-refractivity contribution in [2.75, 3.05) is 19.8 Å². The third kappa shape index (κ3) is 4.49. The zero-order chi connectivity index (χ0) is 11.1. The lowest BCUT2D eigenvalue weighted by Crippen LogP contribution is -2.40. The normalized spacial score (nSPS) is 25.4. The summed E-state index contributed by atoms with van der Waals surface area (Å²) in [5.41, 5.74) is 0. The molecule has 3 atom stereocenters. The Bertz CT molecular complexity index is 158. The molecule has 0 aliphatic carbocycles. The first kappa shape index (κ1) is 12.9. The van der Waals surface area contributed by atoms with E-state index < -0.39 is 0 Å². The molecule has 0 radical (unpaired) electrons. The van der Waals surface area contributed by atoms with Crippen LogP contribution in [0.4, 0.5) is 0 Å². The van der Waals surface area contributed by atoms with Crippen LogP contribution in [0, 0.1) is 0 Å². The highest BCUT2D eigenvalue weighted by Gasteiger charge is 2.19. The maximum atomic E-state index is 5.84. The summed E-state index contributed by atoms with van der Waals surface area (Å²) in [6.45, 7) is 9.14. The van der Waals surface area contributed by atoms with Crippen molar-refractivity contribution in [2.45, 2.75) is 58.3 Å². The van der Waals surface area contributed by atoms with E-state index in [1.165, 1.54) is 6.42 Å². The molecule has 1 fully saturated rings. The summed E-state index contributed by atoms with van der Waals surface area (Å²) in [4.78, 5) is 0. The fraction of sp³-hybridized carbons (Fsp3) is 1.00. The Balaban J connectivity index is 2.17. The van der Waals surface area contributed by atoms with Crippen molar-refractivity contribution in [3.8, 4) is 0 Å². The Hall–Kier alpha value is -0.120. The number of ether oxygens (including phenoxy) is 2. The van der Waals surface area contributed by atoms with E-state index in [1.807, 2.05) is 0 Å². The first-order chi connectivity index (χ1) is 7.27. The van der Waals surface area contributed by atoms with Gasteiger partial charge in [-0.1, -0.05) is 13.8 Å². The highest BCUT2D eigenvalue weighted by Crippen LogP contribution is 2.13. The lowest BCUT2D eigenvalue weighted by molar-refractivity contribution is -0.0267. The van der Waals surface area contributed by atoms with E-state index in [4.69, 9.17) is 9.47 Å². The average molecular weight is 215 g/mol. The molecule has 0 amide bonds. The van der Waals surface area contributed by atoms with Gasteiger partial charge in [-0.2, -0.15) is 0 Å². The molecule has 3 nitrogen and oxygen atoms in total. The van der Waals surface area contributed by atoms with Gasteiger partial charge in [-0.05, 0) is 32.7 Å². The molecule has 0 aromatic heterocycles. The summed E-state index contributed by atoms with van der Waals surface area (Å²) >= 11 is 0. The molecule has 0 bridgehead atoms. The SMILES string of the molecule is CCNC(CC)C(C)OCC1CCCO1. The van der Waals surface area contributed by atoms with Gasteiger partial charge in [0, 0.05) is 12.6 Å². The molecule has 90 valence electrons. The highest BCUT2D eigenvalue weighted by atomic mass is 16.5. The van der Waals surface area contributed by atoms with Gasteiger partial charge in [-0.25, -0.2) is 0 Å². The van der Waals surface area contributed by atoms with Crippen molar-refractivity contribution < 1.29 is 9.47 Å². The number of rotatable bonds is 7. The number of nitrogens with one attached hydrogen (secondary N) is 1. The van der Waals surface area contributed by atoms with Gasteiger partial charge in [-0.3, -0.25) is 0 Å². The molecule has 1 saturated heterocycles. The Morgan fingerprint density at radius 1 is 1.47 bits per heavy atom. The molecule has 3 heteroatoms. The predicted octanol–water partition coefficient (Wildman–Crippen LogP) is 1.96. The molecule has 0 saturated carbocycles. The van der Waals surface area contributed by atoms with Crippen LogP contribution in [0.3, 0.4) is 0 Å². The molecule has 1 N–H and O–H groups in total. The zero-order valence-corrected chi connectivity index (χ0v) is 10.3. The molecule has 1 rings (SSSR count). The van der Waals surface area contributed by atoms with Crippen molar-refractivity contribution >= 4 is 0 Å². The molecule has 1 aliphatic heterocycles. The second kappa shape index (κ2) is 7.20. The van der Waals surface area contributed by atoms with Crippen molar-refractivity contribution in [1.29, 1.82) is 0 Å². The van der Waals surface area contributed by atoms with E-state index in [2.05, 4.69) is 26.1 Å². The summed E-state index contributed by atoms with van der Waals surface area (Å²) in [6, 6.07) is 0.469. The Morgan fingerprint density at radius 2 is 2.27 bits per heavy atom.